The summed E-state index contributed by atoms with van der Waals surface area (Å²) in [4.78, 5) is 4.51. The maximum atomic E-state index is 6.41. The van der Waals surface area contributed by atoms with Gasteiger partial charge in [0.2, 0.25) is 0 Å². The number of para-hydroxylation sites is 1. The van der Waals surface area contributed by atoms with Gasteiger partial charge in [-0.05, 0) is 32.4 Å². The molecule has 1 atom stereocenters. The standard InChI is InChI=1S/C17H25N3O/c1-5-16-19-14(3)10-20(16)11-17(4,18)12-21-15-9-7-6-8-13(15)2/h6-10H,5,11-12,18H2,1-4H3. The zero-order valence-electron chi connectivity index (χ0n) is 13.4. The van der Waals surface area contributed by atoms with Gasteiger partial charge in [-0.1, -0.05) is 25.1 Å². The van der Waals surface area contributed by atoms with E-state index in [1.54, 1.807) is 0 Å². The quantitative estimate of drug-likeness (QED) is 0.889. The first-order chi connectivity index (χ1) is 9.91. The molecule has 2 rings (SSSR count). The van der Waals surface area contributed by atoms with E-state index in [0.717, 1.165) is 29.3 Å². The van der Waals surface area contributed by atoms with Gasteiger partial charge in [0.1, 0.15) is 18.2 Å². The van der Waals surface area contributed by atoms with E-state index in [-0.39, 0.29) is 0 Å². The van der Waals surface area contributed by atoms with Gasteiger partial charge in [0.05, 0.1) is 11.2 Å². The Morgan fingerprint density at radius 2 is 2.00 bits per heavy atom. The number of imidazole rings is 1. The van der Waals surface area contributed by atoms with Gasteiger partial charge in [0.15, 0.2) is 0 Å². The fraction of sp³-hybridized carbons (Fsp3) is 0.471. The molecule has 4 heteroatoms. The minimum atomic E-state index is -0.445. The van der Waals surface area contributed by atoms with Crippen LogP contribution in [0.25, 0.3) is 0 Å². The van der Waals surface area contributed by atoms with Gasteiger partial charge in [0, 0.05) is 19.2 Å². The molecule has 1 heterocycles. The van der Waals surface area contributed by atoms with Crippen molar-refractivity contribution in [3.05, 3.63) is 47.5 Å². The summed E-state index contributed by atoms with van der Waals surface area (Å²) in [6, 6.07) is 8.00. The Bertz CT molecular complexity index is 602. The van der Waals surface area contributed by atoms with E-state index < -0.39 is 5.54 Å². The van der Waals surface area contributed by atoms with Crippen molar-refractivity contribution >= 4 is 0 Å². The maximum absolute atomic E-state index is 6.41. The lowest BCUT2D eigenvalue weighted by Gasteiger charge is -2.26. The molecule has 4 nitrogen and oxygen atoms in total. The Labute approximate surface area is 127 Å². The fourth-order valence-electron chi connectivity index (χ4n) is 2.41. The molecule has 1 aromatic carbocycles. The molecule has 0 amide bonds. The molecule has 1 unspecified atom stereocenters. The van der Waals surface area contributed by atoms with Gasteiger partial charge in [-0.2, -0.15) is 0 Å². The number of rotatable bonds is 6. The summed E-state index contributed by atoms with van der Waals surface area (Å²) in [5.74, 6) is 1.96. The smallest absolute Gasteiger partial charge is 0.122 e. The van der Waals surface area contributed by atoms with Crippen molar-refractivity contribution in [3.63, 3.8) is 0 Å². The Hall–Kier alpha value is -1.81. The van der Waals surface area contributed by atoms with E-state index in [4.69, 9.17) is 10.5 Å². The Balaban J connectivity index is 2.03. The van der Waals surface area contributed by atoms with Crippen LogP contribution in [-0.4, -0.2) is 21.7 Å². The van der Waals surface area contributed by atoms with E-state index in [2.05, 4.69) is 22.7 Å². The predicted molar refractivity (Wildman–Crippen MR) is 85.6 cm³/mol. The third-order valence-electron chi connectivity index (χ3n) is 3.48. The van der Waals surface area contributed by atoms with Crippen LogP contribution in [0.3, 0.4) is 0 Å². The molecule has 0 spiro atoms. The van der Waals surface area contributed by atoms with Crippen molar-refractivity contribution in [3.8, 4) is 5.75 Å². The topological polar surface area (TPSA) is 53.1 Å². The summed E-state index contributed by atoms with van der Waals surface area (Å²) in [5, 5.41) is 0. The first kappa shape index (κ1) is 15.6. The molecule has 0 aliphatic rings. The summed E-state index contributed by atoms with van der Waals surface area (Å²) in [6.45, 7) is 9.34. The average Bonchev–Trinajstić information content (AvgIpc) is 2.77. The molecule has 0 radical (unpaired) electrons. The summed E-state index contributed by atoms with van der Waals surface area (Å²) < 4.78 is 8.03. The monoisotopic (exact) mass is 287 g/mol. The van der Waals surface area contributed by atoms with Crippen LogP contribution < -0.4 is 10.5 Å². The van der Waals surface area contributed by atoms with Crippen molar-refractivity contribution in [2.45, 2.75) is 46.2 Å². The Kier molecular flexibility index (Phi) is 4.68. The summed E-state index contributed by atoms with van der Waals surface area (Å²) in [5.41, 5.74) is 8.12. The van der Waals surface area contributed by atoms with E-state index in [9.17, 15) is 0 Å². The predicted octanol–water partition coefficient (Wildman–Crippen LogP) is 2.86. The number of aromatic nitrogens is 2. The largest absolute Gasteiger partial charge is 0.491 e. The minimum Gasteiger partial charge on any atom is -0.491 e. The van der Waals surface area contributed by atoms with Crippen LogP contribution in [0.2, 0.25) is 0 Å². The molecule has 0 saturated heterocycles. The van der Waals surface area contributed by atoms with Crippen molar-refractivity contribution in [1.29, 1.82) is 0 Å². The van der Waals surface area contributed by atoms with Crippen LogP contribution in [0, 0.1) is 13.8 Å². The maximum Gasteiger partial charge on any atom is 0.122 e. The number of nitrogens with two attached hydrogens (primary N) is 1. The first-order valence-electron chi connectivity index (χ1n) is 7.41. The molecule has 0 aliphatic carbocycles. The number of ether oxygens (including phenoxy) is 1. The van der Waals surface area contributed by atoms with Crippen LogP contribution in [0.1, 0.15) is 30.9 Å². The summed E-state index contributed by atoms with van der Waals surface area (Å²) >= 11 is 0. The zero-order chi connectivity index (χ0) is 15.5. The lowest BCUT2D eigenvalue weighted by molar-refractivity contribution is 0.210. The van der Waals surface area contributed by atoms with Gasteiger partial charge in [0.25, 0.3) is 0 Å². The molecule has 21 heavy (non-hydrogen) atoms. The number of benzene rings is 1. The van der Waals surface area contributed by atoms with Crippen LogP contribution in [0.15, 0.2) is 30.5 Å². The summed E-state index contributed by atoms with van der Waals surface area (Å²) in [6.07, 6.45) is 2.96. The number of aryl methyl sites for hydroxylation is 3. The molecule has 0 fully saturated rings. The van der Waals surface area contributed by atoms with Gasteiger partial charge < -0.3 is 15.0 Å². The SMILES string of the molecule is CCc1nc(C)cn1CC(C)(N)COc1ccccc1C. The second-order valence-electron chi connectivity index (χ2n) is 5.99. The van der Waals surface area contributed by atoms with E-state index in [1.165, 1.54) is 0 Å². The second-order valence-corrected chi connectivity index (χ2v) is 5.99. The van der Waals surface area contributed by atoms with Crippen LogP contribution in [0.4, 0.5) is 0 Å². The highest BCUT2D eigenvalue weighted by atomic mass is 16.5. The van der Waals surface area contributed by atoms with Gasteiger partial charge >= 0.3 is 0 Å². The molecule has 0 saturated carbocycles. The van der Waals surface area contributed by atoms with Crippen molar-refractivity contribution in [2.75, 3.05) is 6.61 Å². The molecule has 0 bridgehead atoms. The average molecular weight is 287 g/mol. The molecule has 0 aliphatic heterocycles. The van der Waals surface area contributed by atoms with Crippen molar-refractivity contribution in [2.24, 2.45) is 5.73 Å². The highest BCUT2D eigenvalue weighted by molar-refractivity contribution is 5.31. The third kappa shape index (κ3) is 4.08. The third-order valence-corrected chi connectivity index (χ3v) is 3.48. The number of nitrogens with zero attached hydrogens (tertiary/aromatic N) is 2. The molecule has 114 valence electrons. The van der Waals surface area contributed by atoms with Crippen molar-refractivity contribution in [1.82, 2.24) is 9.55 Å². The van der Waals surface area contributed by atoms with Crippen LogP contribution >= 0.6 is 0 Å². The van der Waals surface area contributed by atoms with Crippen LogP contribution in [-0.2, 0) is 13.0 Å². The molecule has 1 aromatic heterocycles. The Morgan fingerprint density at radius 1 is 1.29 bits per heavy atom. The highest BCUT2D eigenvalue weighted by Crippen LogP contribution is 2.18. The van der Waals surface area contributed by atoms with Crippen molar-refractivity contribution < 1.29 is 4.74 Å². The van der Waals surface area contributed by atoms with E-state index in [1.807, 2.05) is 45.0 Å². The Morgan fingerprint density at radius 3 is 2.67 bits per heavy atom. The van der Waals surface area contributed by atoms with Gasteiger partial charge in [-0.3, -0.25) is 0 Å². The van der Waals surface area contributed by atoms with E-state index >= 15 is 0 Å². The molecule has 2 N–H and O–H groups in total. The molecule has 2 aromatic rings. The van der Waals surface area contributed by atoms with E-state index in [0.29, 0.717) is 13.2 Å². The number of hydrogen-bond acceptors (Lipinski definition) is 3. The number of hydrogen-bond donors (Lipinski definition) is 1. The molecular formula is C17H25N3O. The zero-order valence-corrected chi connectivity index (χ0v) is 13.4. The lowest BCUT2D eigenvalue weighted by atomic mass is 10.1. The fourth-order valence-corrected chi connectivity index (χ4v) is 2.41. The lowest BCUT2D eigenvalue weighted by Crippen LogP contribution is -2.46. The minimum absolute atomic E-state index is 0.445. The van der Waals surface area contributed by atoms with Gasteiger partial charge in [-0.25, -0.2) is 4.98 Å². The van der Waals surface area contributed by atoms with Crippen LogP contribution in [0.5, 0.6) is 5.75 Å². The first-order valence-corrected chi connectivity index (χ1v) is 7.41. The summed E-state index contributed by atoms with van der Waals surface area (Å²) in [7, 11) is 0. The molecular weight excluding hydrogens is 262 g/mol. The normalized spacial score (nSPS) is 14.0. The second kappa shape index (κ2) is 6.31. The highest BCUT2D eigenvalue weighted by Gasteiger charge is 2.22. The van der Waals surface area contributed by atoms with Gasteiger partial charge in [-0.15, -0.1) is 0 Å².